The smallest absolute Gasteiger partial charge is 0.160 e. The quantitative estimate of drug-likeness (QED) is 0.800. The lowest BCUT2D eigenvalue weighted by atomic mass is 10.1. The fourth-order valence-corrected chi connectivity index (χ4v) is 2.63. The number of nitrogens with zero attached hydrogens (tertiary/aromatic N) is 2. The first kappa shape index (κ1) is 13.8. The minimum Gasteiger partial charge on any atom is -0.497 e. The summed E-state index contributed by atoms with van der Waals surface area (Å²) in [4.78, 5) is 4.55. The number of aryl methyl sites for hydroxylation is 1. The van der Waals surface area contributed by atoms with E-state index in [1.54, 1.807) is 13.2 Å². The molecule has 0 aliphatic heterocycles. The highest BCUT2D eigenvalue weighted by Gasteiger charge is 2.12. The Bertz CT molecular complexity index is 811. The molecule has 0 atom stereocenters. The highest BCUT2D eigenvalue weighted by Crippen LogP contribution is 2.32. The number of methoxy groups -OCH3 is 1. The largest absolute Gasteiger partial charge is 0.497 e. The van der Waals surface area contributed by atoms with Crippen molar-refractivity contribution in [1.29, 1.82) is 0 Å². The second-order valence-electron chi connectivity index (χ2n) is 4.80. The molecule has 2 heterocycles. The van der Waals surface area contributed by atoms with Crippen LogP contribution in [0.15, 0.2) is 36.5 Å². The topological polar surface area (TPSA) is 52.5 Å². The second kappa shape index (κ2) is 5.30. The van der Waals surface area contributed by atoms with Crippen LogP contribution >= 0.6 is 11.6 Å². The molecule has 0 fully saturated rings. The van der Waals surface area contributed by atoms with Crippen LogP contribution in [-0.4, -0.2) is 16.5 Å². The van der Waals surface area contributed by atoms with Gasteiger partial charge in [0, 0.05) is 11.8 Å². The number of halogens is 1. The van der Waals surface area contributed by atoms with Crippen molar-refractivity contribution >= 4 is 22.9 Å². The molecule has 3 aromatic rings. The zero-order chi connectivity index (χ0) is 15.0. The Labute approximate surface area is 128 Å². The number of aromatic nitrogens is 2. The number of hydrogen-bond donors (Lipinski definition) is 1. The SMILES string of the molecule is CCc1cn2c(-c3ccc(OC)cc3Cl)ccc(N)c2n1. The van der Waals surface area contributed by atoms with Crippen LogP contribution in [0.25, 0.3) is 16.9 Å². The third kappa shape index (κ3) is 2.32. The van der Waals surface area contributed by atoms with E-state index >= 15 is 0 Å². The first-order chi connectivity index (χ1) is 10.1. The molecule has 0 radical (unpaired) electrons. The predicted molar refractivity (Wildman–Crippen MR) is 86.0 cm³/mol. The van der Waals surface area contributed by atoms with E-state index in [2.05, 4.69) is 11.9 Å². The van der Waals surface area contributed by atoms with E-state index < -0.39 is 0 Å². The summed E-state index contributed by atoms with van der Waals surface area (Å²) >= 11 is 6.38. The van der Waals surface area contributed by atoms with Gasteiger partial charge in [0.15, 0.2) is 5.65 Å². The Morgan fingerprint density at radius 2 is 2.10 bits per heavy atom. The molecule has 4 nitrogen and oxygen atoms in total. The summed E-state index contributed by atoms with van der Waals surface area (Å²) in [6.45, 7) is 2.07. The van der Waals surface area contributed by atoms with Gasteiger partial charge in [0.05, 0.1) is 29.2 Å². The Kier molecular flexibility index (Phi) is 3.47. The van der Waals surface area contributed by atoms with Gasteiger partial charge in [-0.1, -0.05) is 18.5 Å². The van der Waals surface area contributed by atoms with Gasteiger partial charge in [-0.25, -0.2) is 4.98 Å². The van der Waals surface area contributed by atoms with Gasteiger partial charge < -0.3 is 10.5 Å². The summed E-state index contributed by atoms with van der Waals surface area (Å²) in [7, 11) is 1.62. The second-order valence-corrected chi connectivity index (χ2v) is 5.21. The van der Waals surface area contributed by atoms with Crippen LogP contribution in [0.2, 0.25) is 5.02 Å². The maximum absolute atomic E-state index is 6.38. The Morgan fingerprint density at radius 1 is 1.29 bits per heavy atom. The van der Waals surface area contributed by atoms with Gasteiger partial charge >= 0.3 is 0 Å². The highest BCUT2D eigenvalue weighted by molar-refractivity contribution is 6.33. The van der Waals surface area contributed by atoms with Gasteiger partial charge in [-0.3, -0.25) is 4.40 Å². The number of rotatable bonds is 3. The predicted octanol–water partition coefficient (Wildman–Crippen LogP) is 3.81. The molecular weight excluding hydrogens is 286 g/mol. The number of anilines is 1. The van der Waals surface area contributed by atoms with Crippen LogP contribution in [0.5, 0.6) is 5.75 Å². The first-order valence-electron chi connectivity index (χ1n) is 6.74. The zero-order valence-electron chi connectivity index (χ0n) is 11.9. The lowest BCUT2D eigenvalue weighted by molar-refractivity contribution is 0.415. The Balaban J connectivity index is 2.25. The third-order valence-corrected chi connectivity index (χ3v) is 3.82. The van der Waals surface area contributed by atoms with E-state index in [-0.39, 0.29) is 0 Å². The molecule has 5 heteroatoms. The summed E-state index contributed by atoms with van der Waals surface area (Å²) in [5, 5.41) is 0.632. The molecule has 2 N–H and O–H groups in total. The lowest BCUT2D eigenvalue weighted by Gasteiger charge is -2.10. The number of nitrogens with two attached hydrogens (primary N) is 1. The summed E-state index contributed by atoms with van der Waals surface area (Å²) in [5.41, 5.74) is 10.3. The fraction of sp³-hybridized carbons (Fsp3) is 0.188. The Hall–Kier alpha value is -2.20. The number of ether oxygens (including phenoxy) is 1. The minimum absolute atomic E-state index is 0.632. The van der Waals surface area contributed by atoms with Gasteiger partial charge in [0.2, 0.25) is 0 Å². The molecule has 0 spiro atoms. The molecule has 0 saturated carbocycles. The van der Waals surface area contributed by atoms with Gasteiger partial charge in [-0.15, -0.1) is 0 Å². The number of nitrogen functional groups attached to an aromatic ring is 1. The third-order valence-electron chi connectivity index (χ3n) is 3.51. The van der Waals surface area contributed by atoms with Crippen LogP contribution in [0.4, 0.5) is 5.69 Å². The van der Waals surface area contributed by atoms with Crippen LogP contribution in [0.1, 0.15) is 12.6 Å². The molecular formula is C16H16ClN3O. The molecule has 108 valence electrons. The summed E-state index contributed by atoms with van der Waals surface area (Å²) in [6, 6.07) is 9.45. The fourth-order valence-electron chi connectivity index (χ4n) is 2.36. The van der Waals surface area contributed by atoms with Gasteiger partial charge in [-0.05, 0) is 36.8 Å². The van der Waals surface area contributed by atoms with E-state index in [0.29, 0.717) is 10.7 Å². The highest BCUT2D eigenvalue weighted by atomic mass is 35.5. The molecule has 2 aromatic heterocycles. The van der Waals surface area contributed by atoms with E-state index in [9.17, 15) is 0 Å². The molecule has 0 saturated heterocycles. The standard InChI is InChI=1S/C16H16ClN3O/c1-3-10-9-20-15(7-6-14(18)16(20)19-10)12-5-4-11(21-2)8-13(12)17/h4-9H,3,18H2,1-2H3. The number of pyridine rings is 1. The molecule has 0 bridgehead atoms. The van der Waals surface area contributed by atoms with Crippen LogP contribution in [0, 0.1) is 0 Å². The molecule has 0 aliphatic carbocycles. The molecule has 0 unspecified atom stereocenters. The maximum atomic E-state index is 6.38. The average Bonchev–Trinajstić information content (AvgIpc) is 2.93. The van der Waals surface area contributed by atoms with E-state index in [4.69, 9.17) is 22.1 Å². The molecule has 3 rings (SSSR count). The lowest BCUT2D eigenvalue weighted by Crippen LogP contribution is -1.96. The monoisotopic (exact) mass is 301 g/mol. The number of benzene rings is 1. The van der Waals surface area contributed by atoms with Crippen molar-refractivity contribution in [3.8, 4) is 17.0 Å². The van der Waals surface area contributed by atoms with Crippen molar-refractivity contribution in [2.75, 3.05) is 12.8 Å². The Morgan fingerprint density at radius 3 is 2.76 bits per heavy atom. The molecule has 0 aliphatic rings. The van der Waals surface area contributed by atoms with Crippen molar-refractivity contribution in [2.45, 2.75) is 13.3 Å². The van der Waals surface area contributed by atoms with Gasteiger partial charge in [0.1, 0.15) is 5.75 Å². The maximum Gasteiger partial charge on any atom is 0.160 e. The van der Waals surface area contributed by atoms with Crippen molar-refractivity contribution in [3.05, 3.63) is 47.2 Å². The van der Waals surface area contributed by atoms with Gasteiger partial charge in [-0.2, -0.15) is 0 Å². The van der Waals surface area contributed by atoms with Crippen molar-refractivity contribution in [3.63, 3.8) is 0 Å². The normalized spacial score (nSPS) is 11.0. The van der Waals surface area contributed by atoms with E-state index in [0.717, 1.165) is 34.8 Å². The summed E-state index contributed by atoms with van der Waals surface area (Å²) in [5.74, 6) is 0.732. The number of imidazole rings is 1. The molecule has 21 heavy (non-hydrogen) atoms. The van der Waals surface area contributed by atoms with E-state index in [1.165, 1.54) is 0 Å². The summed E-state index contributed by atoms with van der Waals surface area (Å²) in [6.07, 6.45) is 2.86. The van der Waals surface area contributed by atoms with Crippen molar-refractivity contribution in [2.24, 2.45) is 0 Å². The van der Waals surface area contributed by atoms with Crippen molar-refractivity contribution < 1.29 is 4.74 Å². The minimum atomic E-state index is 0.632. The average molecular weight is 302 g/mol. The number of fused-ring (bicyclic) bond motifs is 1. The molecule has 0 amide bonds. The summed E-state index contributed by atoms with van der Waals surface area (Å²) < 4.78 is 7.18. The van der Waals surface area contributed by atoms with Gasteiger partial charge in [0.25, 0.3) is 0 Å². The van der Waals surface area contributed by atoms with E-state index in [1.807, 2.05) is 34.9 Å². The van der Waals surface area contributed by atoms with Crippen LogP contribution in [-0.2, 0) is 6.42 Å². The number of hydrogen-bond acceptors (Lipinski definition) is 3. The van der Waals surface area contributed by atoms with Crippen LogP contribution < -0.4 is 10.5 Å². The first-order valence-corrected chi connectivity index (χ1v) is 7.12. The zero-order valence-corrected chi connectivity index (χ0v) is 12.7. The van der Waals surface area contributed by atoms with Crippen LogP contribution in [0.3, 0.4) is 0 Å². The molecule has 1 aromatic carbocycles. The van der Waals surface area contributed by atoms with Crippen molar-refractivity contribution in [1.82, 2.24) is 9.38 Å².